The third kappa shape index (κ3) is 3.18. The highest BCUT2D eigenvalue weighted by molar-refractivity contribution is 5.72. The number of benzene rings is 1. The Morgan fingerprint density at radius 3 is 2.94 bits per heavy atom. The van der Waals surface area contributed by atoms with Crippen LogP contribution >= 0.6 is 0 Å². The zero-order valence-electron chi connectivity index (χ0n) is 9.88. The summed E-state index contributed by atoms with van der Waals surface area (Å²) in [4.78, 5) is 13.6. The van der Waals surface area contributed by atoms with E-state index in [1.165, 1.54) is 0 Å². The van der Waals surface area contributed by atoms with E-state index in [0.717, 1.165) is 37.3 Å². The number of oxazole rings is 1. The van der Waals surface area contributed by atoms with Crippen molar-refractivity contribution in [1.29, 1.82) is 0 Å². The van der Waals surface area contributed by atoms with E-state index in [4.69, 9.17) is 4.42 Å². The molecular weight excluding hydrogens is 218 g/mol. The molecule has 5 heteroatoms. The van der Waals surface area contributed by atoms with Crippen LogP contribution in [0.1, 0.15) is 12.5 Å². The summed E-state index contributed by atoms with van der Waals surface area (Å²) in [6, 6.07) is 5.70. The number of aromatic nitrogens is 1. The number of rotatable bonds is 6. The molecule has 0 aliphatic rings. The van der Waals surface area contributed by atoms with Gasteiger partial charge in [-0.3, -0.25) is 4.98 Å². The molecule has 0 atom stereocenters. The van der Waals surface area contributed by atoms with Crippen molar-refractivity contribution in [3.8, 4) is 0 Å². The van der Waals surface area contributed by atoms with E-state index in [2.05, 4.69) is 22.5 Å². The van der Waals surface area contributed by atoms with E-state index in [1.807, 2.05) is 18.2 Å². The fourth-order valence-corrected chi connectivity index (χ4v) is 1.70. The Balaban J connectivity index is 1.92. The maximum atomic E-state index is 11.0. The molecule has 0 aliphatic carbocycles. The third-order valence-corrected chi connectivity index (χ3v) is 2.54. The lowest BCUT2D eigenvalue weighted by atomic mass is 10.2. The molecule has 0 fully saturated rings. The Bertz CT molecular complexity index is 530. The molecule has 0 aliphatic heterocycles. The molecule has 0 saturated carbocycles. The summed E-state index contributed by atoms with van der Waals surface area (Å²) in [6.45, 7) is 5.75. The van der Waals surface area contributed by atoms with E-state index in [-0.39, 0.29) is 0 Å². The number of aromatic amines is 1. The normalized spacial score (nSPS) is 11.1. The lowest BCUT2D eigenvalue weighted by molar-refractivity contribution is 0.555. The first kappa shape index (κ1) is 11.9. The first-order valence-corrected chi connectivity index (χ1v) is 5.83. The van der Waals surface area contributed by atoms with Crippen LogP contribution in [0.4, 0.5) is 0 Å². The quantitative estimate of drug-likeness (QED) is 0.648. The Hall–Kier alpha value is -1.59. The van der Waals surface area contributed by atoms with Crippen molar-refractivity contribution in [2.75, 3.05) is 19.6 Å². The second-order valence-corrected chi connectivity index (χ2v) is 3.88. The molecule has 0 bridgehead atoms. The monoisotopic (exact) mass is 235 g/mol. The number of likely N-dealkylation sites (N-methyl/N-ethyl adjacent to an activating group) is 1. The molecule has 2 rings (SSSR count). The summed E-state index contributed by atoms with van der Waals surface area (Å²) in [7, 11) is 0. The summed E-state index contributed by atoms with van der Waals surface area (Å²) in [6.07, 6.45) is 0. The van der Waals surface area contributed by atoms with Crippen molar-refractivity contribution < 1.29 is 4.42 Å². The Kier molecular flexibility index (Phi) is 3.95. The molecule has 1 aromatic heterocycles. The van der Waals surface area contributed by atoms with Crippen LogP contribution < -0.4 is 16.4 Å². The molecule has 1 heterocycles. The first-order chi connectivity index (χ1) is 8.29. The average Bonchev–Trinajstić information content (AvgIpc) is 2.68. The molecule has 0 unspecified atom stereocenters. The van der Waals surface area contributed by atoms with E-state index >= 15 is 0 Å². The molecule has 3 N–H and O–H groups in total. The van der Waals surface area contributed by atoms with Gasteiger partial charge in [-0.25, -0.2) is 4.79 Å². The van der Waals surface area contributed by atoms with Gasteiger partial charge in [0.1, 0.15) is 0 Å². The smallest absolute Gasteiger partial charge is 0.408 e. The molecule has 0 spiro atoms. The standard InChI is InChI=1S/C12H17N3O2/c1-2-13-5-6-14-8-9-3-4-11-10(7-9)15-12(16)17-11/h3-4,7,13-14H,2,5-6,8H2,1H3,(H,15,16). The minimum atomic E-state index is -0.405. The van der Waals surface area contributed by atoms with Crippen molar-refractivity contribution in [1.82, 2.24) is 15.6 Å². The molecular formula is C12H17N3O2. The van der Waals surface area contributed by atoms with Gasteiger partial charge in [-0.15, -0.1) is 0 Å². The van der Waals surface area contributed by atoms with Crippen LogP contribution in [0.5, 0.6) is 0 Å². The van der Waals surface area contributed by atoms with E-state index in [0.29, 0.717) is 5.58 Å². The minimum absolute atomic E-state index is 0.405. The van der Waals surface area contributed by atoms with Gasteiger partial charge in [-0.2, -0.15) is 0 Å². The topological polar surface area (TPSA) is 70.1 Å². The molecule has 92 valence electrons. The van der Waals surface area contributed by atoms with Crippen molar-refractivity contribution >= 4 is 11.1 Å². The second kappa shape index (κ2) is 5.65. The zero-order valence-corrected chi connectivity index (χ0v) is 9.88. The molecule has 5 nitrogen and oxygen atoms in total. The SMILES string of the molecule is CCNCCNCc1ccc2oc(=O)[nH]c2c1. The van der Waals surface area contributed by atoms with Crippen molar-refractivity contribution in [3.63, 3.8) is 0 Å². The average molecular weight is 235 g/mol. The number of hydrogen-bond donors (Lipinski definition) is 3. The molecule has 17 heavy (non-hydrogen) atoms. The molecule has 0 saturated heterocycles. The molecule has 1 aromatic carbocycles. The van der Waals surface area contributed by atoms with Gasteiger partial charge in [0.25, 0.3) is 0 Å². The largest absolute Gasteiger partial charge is 0.417 e. The van der Waals surface area contributed by atoms with E-state index in [1.54, 1.807) is 0 Å². The van der Waals surface area contributed by atoms with Crippen molar-refractivity contribution in [3.05, 3.63) is 34.3 Å². The maximum absolute atomic E-state index is 11.0. The van der Waals surface area contributed by atoms with Gasteiger partial charge < -0.3 is 15.1 Å². The Labute approximate surface area is 99.2 Å². The molecule has 2 aromatic rings. The summed E-state index contributed by atoms with van der Waals surface area (Å²) in [5.41, 5.74) is 2.48. The maximum Gasteiger partial charge on any atom is 0.417 e. The van der Waals surface area contributed by atoms with Crippen LogP contribution in [0, 0.1) is 0 Å². The van der Waals surface area contributed by atoms with Crippen LogP contribution in [0.15, 0.2) is 27.4 Å². The Morgan fingerprint density at radius 1 is 1.29 bits per heavy atom. The van der Waals surface area contributed by atoms with Gasteiger partial charge in [-0.1, -0.05) is 13.0 Å². The fourth-order valence-electron chi connectivity index (χ4n) is 1.70. The highest BCUT2D eigenvalue weighted by Crippen LogP contribution is 2.11. The van der Waals surface area contributed by atoms with Crippen LogP contribution in [-0.2, 0) is 6.54 Å². The van der Waals surface area contributed by atoms with Crippen LogP contribution in [0.2, 0.25) is 0 Å². The van der Waals surface area contributed by atoms with Crippen LogP contribution in [0.25, 0.3) is 11.1 Å². The predicted octanol–water partition coefficient (Wildman–Crippen LogP) is 0.820. The third-order valence-electron chi connectivity index (χ3n) is 2.54. The Morgan fingerprint density at radius 2 is 2.12 bits per heavy atom. The highest BCUT2D eigenvalue weighted by Gasteiger charge is 2.01. The van der Waals surface area contributed by atoms with Crippen molar-refractivity contribution in [2.45, 2.75) is 13.5 Å². The van der Waals surface area contributed by atoms with Gasteiger partial charge in [0.15, 0.2) is 5.58 Å². The van der Waals surface area contributed by atoms with Gasteiger partial charge >= 0.3 is 5.76 Å². The van der Waals surface area contributed by atoms with Crippen LogP contribution in [-0.4, -0.2) is 24.6 Å². The predicted molar refractivity (Wildman–Crippen MR) is 67.1 cm³/mol. The van der Waals surface area contributed by atoms with E-state index < -0.39 is 5.76 Å². The van der Waals surface area contributed by atoms with Gasteiger partial charge in [0, 0.05) is 19.6 Å². The molecule has 0 radical (unpaired) electrons. The number of nitrogens with one attached hydrogen (secondary N) is 3. The summed E-state index contributed by atoms with van der Waals surface area (Å²) >= 11 is 0. The second-order valence-electron chi connectivity index (χ2n) is 3.88. The number of H-pyrrole nitrogens is 1. The van der Waals surface area contributed by atoms with Crippen LogP contribution in [0.3, 0.4) is 0 Å². The molecule has 0 amide bonds. The summed E-state index contributed by atoms with van der Waals surface area (Å²) in [5.74, 6) is -0.405. The van der Waals surface area contributed by atoms with Gasteiger partial charge in [0.05, 0.1) is 5.52 Å². The summed E-state index contributed by atoms with van der Waals surface area (Å²) < 4.78 is 4.94. The van der Waals surface area contributed by atoms with E-state index in [9.17, 15) is 4.79 Å². The zero-order chi connectivity index (χ0) is 12.1. The fraction of sp³-hybridized carbons (Fsp3) is 0.417. The number of fused-ring (bicyclic) bond motifs is 1. The highest BCUT2D eigenvalue weighted by atomic mass is 16.4. The van der Waals surface area contributed by atoms with Gasteiger partial charge in [-0.05, 0) is 24.2 Å². The first-order valence-electron chi connectivity index (χ1n) is 5.83. The number of hydrogen-bond acceptors (Lipinski definition) is 4. The van der Waals surface area contributed by atoms with Crippen molar-refractivity contribution in [2.24, 2.45) is 0 Å². The lowest BCUT2D eigenvalue weighted by Gasteiger charge is -2.05. The minimum Gasteiger partial charge on any atom is -0.408 e. The lowest BCUT2D eigenvalue weighted by Crippen LogP contribution is -2.26. The summed E-state index contributed by atoms with van der Waals surface area (Å²) in [5, 5.41) is 6.57. The van der Waals surface area contributed by atoms with Gasteiger partial charge in [0.2, 0.25) is 0 Å².